The Bertz CT molecular complexity index is 3190. The first-order valence-corrected chi connectivity index (χ1v) is 28.9. The van der Waals surface area contributed by atoms with Gasteiger partial charge in [0.1, 0.15) is 54.1 Å². The van der Waals surface area contributed by atoms with E-state index in [2.05, 4.69) is 63.7 Å². The van der Waals surface area contributed by atoms with E-state index in [0.29, 0.717) is 22.3 Å². The van der Waals surface area contributed by atoms with Crippen LogP contribution >= 0.6 is 0 Å². The lowest BCUT2D eigenvalue weighted by Gasteiger charge is -2.30. The predicted molar refractivity (Wildman–Crippen MR) is 324 cm³/mol. The van der Waals surface area contributed by atoms with E-state index < -0.39 is 132 Å². The van der Waals surface area contributed by atoms with Crippen molar-refractivity contribution in [2.75, 3.05) is 20.1 Å². The maximum Gasteiger partial charge on any atom is 0.334 e. The molecule has 89 heavy (non-hydrogen) atoms. The average molecular weight is 1240 g/mol. The van der Waals surface area contributed by atoms with E-state index in [1.807, 2.05) is 24.3 Å². The van der Waals surface area contributed by atoms with Gasteiger partial charge in [0.05, 0.1) is 18.6 Å². The number of rotatable bonds is 30. The van der Waals surface area contributed by atoms with E-state index in [-0.39, 0.29) is 75.7 Å². The van der Waals surface area contributed by atoms with Gasteiger partial charge in [0, 0.05) is 69.8 Å². The quantitative estimate of drug-likeness (QED) is 0.0108. The first kappa shape index (κ1) is 69.9. The second-order valence-electron chi connectivity index (χ2n) is 22.2. The molecule has 30 nitrogen and oxygen atoms in total. The average Bonchev–Trinajstić information content (AvgIpc) is 3.62. The number of amides is 12. The van der Waals surface area contributed by atoms with Crippen molar-refractivity contribution in [1.29, 1.82) is 5.41 Å². The number of hydrazine groups is 1. The number of carbonyl (C=O) groups is 11. The van der Waals surface area contributed by atoms with Crippen LogP contribution in [0.5, 0.6) is 5.75 Å². The number of aliphatic hydroxyl groups excluding tert-OH is 2. The topological polar surface area (TPSA) is 476 Å². The minimum absolute atomic E-state index is 0.00226. The molecule has 1 saturated heterocycles. The molecule has 0 radical (unpaired) electrons. The van der Waals surface area contributed by atoms with Gasteiger partial charge in [0.2, 0.25) is 53.2 Å². The number of aromatic amines is 1. The van der Waals surface area contributed by atoms with Gasteiger partial charge in [-0.1, -0.05) is 68.4 Å². The van der Waals surface area contributed by atoms with Gasteiger partial charge in [0.15, 0.2) is 5.96 Å². The number of likely N-dealkylation sites (tertiary alicyclic amines) is 1. The molecule has 5 rings (SSSR count). The van der Waals surface area contributed by atoms with Gasteiger partial charge < -0.3 is 84.5 Å². The van der Waals surface area contributed by atoms with Crippen molar-refractivity contribution < 1.29 is 68.1 Å². The number of hydrogen-bond acceptors (Lipinski definition) is 15. The largest absolute Gasteiger partial charge is 0.508 e. The second-order valence-corrected chi connectivity index (χ2v) is 22.2. The zero-order chi connectivity index (χ0) is 65.6. The number of phenolic OH excluding ortho intramolecular Hbond substituents is 1. The number of phenols is 1. The summed E-state index contributed by atoms with van der Waals surface area (Å²) < 4.78 is 0. The van der Waals surface area contributed by atoms with Crippen LogP contribution in [0.15, 0.2) is 79.0 Å². The number of aliphatic hydroxyl groups is 2. The lowest BCUT2D eigenvalue weighted by molar-refractivity contribution is -0.142. The fourth-order valence-corrected chi connectivity index (χ4v) is 9.95. The van der Waals surface area contributed by atoms with Gasteiger partial charge in [-0.15, -0.1) is 0 Å². The molecule has 1 fully saturated rings. The molecule has 20 N–H and O–H groups in total. The molecular weight excluding hydrogens is 1160 g/mol. The number of hydrogen-bond donors (Lipinski definition) is 18. The standard InChI is InChI=1S/C59H82N16O14/c1-30(2)22-43(52(83)67-41(16-11-21-64-58(62)63-6)51(82)68-42(50(61)81)25-36-28-65-40-15-10-9-14-39(36)40)71-59(89)74-73-54(85)44(24-35-13-8-7-12-31(35)3)70-56(87)49(32(4)76)72-53(84)45(27-48(60)80)69-55(86)47-26-38(79)29-75(47)57(88)46(66-33(5)77)23-34-17-19-37(78)20-18-34/h7-10,12-15,17-20,28,30,32,38,41-47,49,65,76,78-79H,11,16,21-27,29H2,1-6H3,(H2,60,80)(H2,61,81)(H,66,77)(H,67,83)(H,68,82)(H,69,86)(H,70,87)(H,72,84)(H,73,85)(H3,62,63,64)(H2,71,74,89)/t32-,38-,41+,42+,43+,44+,45+,46-,47+,49+/m1/s1. The van der Waals surface area contributed by atoms with Crippen LogP contribution in [0.1, 0.15) is 82.1 Å². The summed E-state index contributed by atoms with van der Waals surface area (Å²) in [7, 11) is 1.54. The van der Waals surface area contributed by atoms with Gasteiger partial charge in [-0.05, 0) is 79.5 Å². The molecule has 2 heterocycles. The summed E-state index contributed by atoms with van der Waals surface area (Å²) in [5.74, 6) is -9.62. The Labute approximate surface area is 513 Å². The molecule has 10 atom stereocenters. The highest BCUT2D eigenvalue weighted by molar-refractivity contribution is 5.99. The summed E-state index contributed by atoms with van der Waals surface area (Å²) in [4.78, 5) is 154. The number of benzene rings is 3. The van der Waals surface area contributed by atoms with Gasteiger partial charge in [-0.3, -0.25) is 58.8 Å². The molecule has 0 aliphatic carbocycles. The van der Waals surface area contributed by atoms with E-state index in [4.69, 9.17) is 16.9 Å². The van der Waals surface area contributed by atoms with Crippen LogP contribution in [0, 0.1) is 18.3 Å². The van der Waals surface area contributed by atoms with Crippen molar-refractivity contribution in [2.24, 2.45) is 17.4 Å². The Balaban J connectivity index is 1.29. The first-order chi connectivity index (χ1) is 42.1. The first-order valence-electron chi connectivity index (χ1n) is 28.9. The molecule has 0 bridgehead atoms. The molecule has 1 aromatic heterocycles. The van der Waals surface area contributed by atoms with Crippen LogP contribution in [0.3, 0.4) is 0 Å². The van der Waals surface area contributed by atoms with Crippen LogP contribution in [0.4, 0.5) is 4.79 Å². The summed E-state index contributed by atoms with van der Waals surface area (Å²) in [6.07, 6.45) is -2.51. The summed E-state index contributed by atoms with van der Waals surface area (Å²) in [6, 6.07) is 6.94. The number of guanidine groups is 1. The van der Waals surface area contributed by atoms with Crippen molar-refractivity contribution in [2.45, 2.75) is 147 Å². The molecule has 12 amide bonds. The Morgan fingerprint density at radius 2 is 1.33 bits per heavy atom. The fourth-order valence-electron chi connectivity index (χ4n) is 9.95. The number of primary amides is 2. The Kier molecular flexibility index (Phi) is 26.2. The van der Waals surface area contributed by atoms with E-state index in [0.717, 1.165) is 22.7 Å². The molecule has 4 aromatic rings. The third-order valence-electron chi connectivity index (χ3n) is 14.6. The van der Waals surface area contributed by atoms with Crippen molar-refractivity contribution >= 4 is 82.0 Å². The summed E-state index contributed by atoms with van der Waals surface area (Å²) in [6.45, 7) is 7.40. The molecule has 3 aromatic carbocycles. The van der Waals surface area contributed by atoms with E-state index in [9.17, 15) is 68.1 Å². The van der Waals surface area contributed by atoms with Crippen LogP contribution in [0.25, 0.3) is 10.9 Å². The van der Waals surface area contributed by atoms with Gasteiger partial charge in [0.25, 0.3) is 5.91 Å². The Morgan fingerprint density at radius 3 is 1.97 bits per heavy atom. The number of urea groups is 1. The minimum atomic E-state index is -1.90. The molecular formula is C59H82N16O14. The number of carbonyl (C=O) groups excluding carboxylic acids is 11. The number of nitrogens with one attached hydrogen (secondary N) is 13. The SMILES string of the molecule is CNC(=N)NCCC[C@H](NC(=O)[C@H](CC(C)C)NC(=O)NNC(=O)[C@H](Cc1ccccc1C)NC(=O)[C@@H](NC(=O)[C@H](CC(N)=O)NC(=O)[C@@H]1C[C@@H](O)CN1C(=O)[C@@H](Cc1ccc(O)cc1)NC(C)=O)[C@@H](C)O)C(=O)N[C@@H](Cc1c[nH]c2ccccc12)C(N)=O. The number of β-amino-alcohol motifs (C(OH)–C–C–N with tert-alkyl or cyclic N) is 1. The van der Waals surface area contributed by atoms with Crippen LogP contribution < -0.4 is 70.2 Å². The maximum absolute atomic E-state index is 14.2. The van der Waals surface area contributed by atoms with Crippen molar-refractivity contribution in [3.05, 3.63) is 101 Å². The number of H-pyrrole nitrogens is 1. The molecule has 0 unspecified atom stereocenters. The minimum Gasteiger partial charge on any atom is -0.508 e. The van der Waals surface area contributed by atoms with E-state index >= 15 is 0 Å². The molecule has 0 saturated carbocycles. The molecule has 482 valence electrons. The molecule has 1 aliphatic heterocycles. The van der Waals surface area contributed by atoms with E-state index in [1.54, 1.807) is 51.2 Å². The highest BCUT2D eigenvalue weighted by Crippen LogP contribution is 2.23. The lowest BCUT2D eigenvalue weighted by atomic mass is 10.00. The van der Waals surface area contributed by atoms with Crippen LogP contribution in [-0.2, 0) is 67.2 Å². The van der Waals surface area contributed by atoms with E-state index in [1.165, 1.54) is 38.2 Å². The third kappa shape index (κ3) is 21.5. The normalized spacial score (nSPS) is 16.3. The van der Waals surface area contributed by atoms with Crippen molar-refractivity contribution in [3.8, 4) is 5.75 Å². The van der Waals surface area contributed by atoms with Gasteiger partial charge in [-0.2, -0.15) is 0 Å². The monoisotopic (exact) mass is 1240 g/mol. The number of aromatic nitrogens is 1. The third-order valence-corrected chi connectivity index (χ3v) is 14.6. The summed E-state index contributed by atoms with van der Waals surface area (Å²) in [5.41, 5.74) is 18.9. The fraction of sp³-hybridized carbons (Fsp3) is 0.458. The molecule has 1 aliphatic rings. The lowest BCUT2D eigenvalue weighted by Crippen LogP contribution is -2.62. The molecule has 30 heteroatoms. The number of aromatic hydroxyl groups is 1. The molecule has 0 spiro atoms. The Morgan fingerprint density at radius 1 is 0.697 bits per heavy atom. The number of nitrogens with zero attached hydrogens (tertiary/aromatic N) is 1. The van der Waals surface area contributed by atoms with Crippen molar-refractivity contribution in [3.63, 3.8) is 0 Å². The smallest absolute Gasteiger partial charge is 0.334 e. The zero-order valence-electron chi connectivity index (χ0n) is 50.4. The van der Waals surface area contributed by atoms with Crippen molar-refractivity contribution in [1.82, 2.24) is 68.6 Å². The highest BCUT2D eigenvalue weighted by atomic mass is 16.3. The van der Waals surface area contributed by atoms with Gasteiger partial charge in [-0.25, -0.2) is 10.2 Å². The Hall–Kier alpha value is -9.84. The summed E-state index contributed by atoms with van der Waals surface area (Å²) in [5, 5.41) is 63.0. The second kappa shape index (κ2) is 33.3. The van der Waals surface area contributed by atoms with Gasteiger partial charge >= 0.3 is 6.03 Å². The number of nitrogens with two attached hydrogens (primary N) is 2. The zero-order valence-corrected chi connectivity index (χ0v) is 50.4. The number of para-hydroxylation sites is 1. The van der Waals surface area contributed by atoms with Crippen LogP contribution in [-0.4, -0.2) is 177 Å². The van der Waals surface area contributed by atoms with Crippen LogP contribution in [0.2, 0.25) is 0 Å². The highest BCUT2D eigenvalue weighted by Gasteiger charge is 2.43. The number of fused-ring (bicyclic) bond motifs is 1. The maximum atomic E-state index is 14.2. The predicted octanol–water partition coefficient (Wildman–Crippen LogP) is -2.89. The summed E-state index contributed by atoms with van der Waals surface area (Å²) >= 11 is 0. The number of aryl methyl sites for hydroxylation is 1.